The summed E-state index contributed by atoms with van der Waals surface area (Å²) in [5.41, 5.74) is 0. The predicted octanol–water partition coefficient (Wildman–Crippen LogP) is 2.60. The molecule has 5 heteroatoms. The SMILES string of the molecule is CCCCCC(CC)OCCC(OCC(C)O)C(=O)O. The van der Waals surface area contributed by atoms with E-state index in [4.69, 9.17) is 19.7 Å². The fourth-order valence-corrected chi connectivity index (χ4v) is 1.90. The van der Waals surface area contributed by atoms with Gasteiger partial charge in [-0.3, -0.25) is 0 Å². The van der Waals surface area contributed by atoms with Crippen molar-refractivity contribution in [2.24, 2.45) is 0 Å². The molecule has 0 heterocycles. The van der Waals surface area contributed by atoms with E-state index < -0.39 is 18.2 Å². The molecule has 0 saturated carbocycles. The van der Waals surface area contributed by atoms with Gasteiger partial charge in [0.05, 0.1) is 18.8 Å². The second-order valence-electron chi connectivity index (χ2n) is 5.19. The summed E-state index contributed by atoms with van der Waals surface area (Å²) in [6.45, 7) is 6.22. The first kappa shape index (κ1) is 19.4. The third-order valence-corrected chi connectivity index (χ3v) is 3.13. The Morgan fingerprint density at radius 3 is 2.35 bits per heavy atom. The maximum atomic E-state index is 11.0. The van der Waals surface area contributed by atoms with Gasteiger partial charge in [0.2, 0.25) is 0 Å². The molecule has 3 unspecified atom stereocenters. The van der Waals surface area contributed by atoms with Crippen LogP contribution in [0.4, 0.5) is 0 Å². The van der Waals surface area contributed by atoms with Gasteiger partial charge in [-0.2, -0.15) is 0 Å². The van der Waals surface area contributed by atoms with E-state index in [0.29, 0.717) is 13.0 Å². The van der Waals surface area contributed by atoms with Crippen LogP contribution in [0.2, 0.25) is 0 Å². The Balaban J connectivity index is 3.92. The number of unbranched alkanes of at least 4 members (excludes halogenated alkanes) is 2. The lowest BCUT2D eigenvalue weighted by atomic mass is 10.1. The number of carboxylic acids is 1. The lowest BCUT2D eigenvalue weighted by molar-refractivity contribution is -0.153. The van der Waals surface area contributed by atoms with Crippen molar-refractivity contribution in [3.05, 3.63) is 0 Å². The number of aliphatic hydroxyl groups excluding tert-OH is 1. The number of rotatable bonds is 13. The molecule has 0 aliphatic rings. The smallest absolute Gasteiger partial charge is 0.332 e. The Labute approximate surface area is 122 Å². The standard InChI is InChI=1S/C15H30O5/c1-4-6-7-8-13(5-2)19-10-9-14(15(17)18)20-11-12(3)16/h12-14,16H,4-11H2,1-3H3,(H,17,18). The van der Waals surface area contributed by atoms with Crippen LogP contribution >= 0.6 is 0 Å². The molecular formula is C15H30O5. The second kappa shape index (κ2) is 12.1. The minimum atomic E-state index is -1.01. The minimum absolute atomic E-state index is 0.0324. The van der Waals surface area contributed by atoms with Gasteiger partial charge in [0.1, 0.15) is 0 Å². The molecule has 2 N–H and O–H groups in total. The summed E-state index contributed by atoms with van der Waals surface area (Å²) in [5, 5.41) is 18.1. The van der Waals surface area contributed by atoms with E-state index in [2.05, 4.69) is 13.8 Å². The Morgan fingerprint density at radius 1 is 1.15 bits per heavy atom. The normalized spacial score (nSPS) is 15.8. The van der Waals surface area contributed by atoms with Crippen molar-refractivity contribution in [3.8, 4) is 0 Å². The second-order valence-corrected chi connectivity index (χ2v) is 5.19. The zero-order valence-electron chi connectivity index (χ0n) is 13.0. The van der Waals surface area contributed by atoms with Crippen LogP contribution in [0, 0.1) is 0 Å². The fraction of sp³-hybridized carbons (Fsp3) is 0.933. The predicted molar refractivity (Wildman–Crippen MR) is 77.8 cm³/mol. The summed E-state index contributed by atoms with van der Waals surface area (Å²) < 4.78 is 10.9. The van der Waals surface area contributed by atoms with Crippen molar-refractivity contribution in [1.82, 2.24) is 0 Å². The van der Waals surface area contributed by atoms with E-state index in [9.17, 15) is 4.79 Å². The van der Waals surface area contributed by atoms with Gasteiger partial charge in [-0.15, -0.1) is 0 Å². The molecule has 0 amide bonds. The third-order valence-electron chi connectivity index (χ3n) is 3.13. The van der Waals surface area contributed by atoms with Gasteiger partial charge in [0, 0.05) is 13.0 Å². The summed E-state index contributed by atoms with van der Waals surface area (Å²) in [5.74, 6) is -1.01. The molecule has 0 aromatic rings. The molecule has 0 spiro atoms. The molecule has 0 aliphatic heterocycles. The lowest BCUT2D eigenvalue weighted by Crippen LogP contribution is -2.29. The van der Waals surface area contributed by atoms with Crippen LogP contribution in [-0.4, -0.2) is 47.7 Å². The molecular weight excluding hydrogens is 260 g/mol. The summed E-state index contributed by atoms with van der Waals surface area (Å²) in [6, 6.07) is 0. The van der Waals surface area contributed by atoms with Crippen molar-refractivity contribution < 1.29 is 24.5 Å². The molecule has 0 rings (SSSR count). The molecule has 20 heavy (non-hydrogen) atoms. The molecule has 3 atom stereocenters. The average molecular weight is 290 g/mol. The van der Waals surface area contributed by atoms with Gasteiger partial charge in [-0.05, 0) is 19.8 Å². The highest BCUT2D eigenvalue weighted by atomic mass is 16.5. The van der Waals surface area contributed by atoms with E-state index >= 15 is 0 Å². The first-order valence-corrected chi connectivity index (χ1v) is 7.65. The van der Waals surface area contributed by atoms with E-state index in [1.54, 1.807) is 6.92 Å². The van der Waals surface area contributed by atoms with Crippen LogP contribution in [0.25, 0.3) is 0 Å². The summed E-state index contributed by atoms with van der Waals surface area (Å²) >= 11 is 0. The highest BCUT2D eigenvalue weighted by Gasteiger charge is 2.19. The van der Waals surface area contributed by atoms with Crippen LogP contribution in [-0.2, 0) is 14.3 Å². The Hall–Kier alpha value is -0.650. The maximum absolute atomic E-state index is 11.0. The van der Waals surface area contributed by atoms with Gasteiger partial charge >= 0.3 is 5.97 Å². The molecule has 0 aromatic heterocycles. The largest absolute Gasteiger partial charge is 0.479 e. The number of ether oxygens (including phenoxy) is 2. The van der Waals surface area contributed by atoms with Crippen LogP contribution in [0.5, 0.6) is 0 Å². The number of hydrogen-bond donors (Lipinski definition) is 2. The van der Waals surface area contributed by atoms with Gasteiger partial charge in [-0.1, -0.05) is 33.1 Å². The fourth-order valence-electron chi connectivity index (χ4n) is 1.90. The lowest BCUT2D eigenvalue weighted by Gasteiger charge is -2.19. The Bertz CT molecular complexity index is 242. The molecule has 0 saturated heterocycles. The zero-order chi connectivity index (χ0) is 15.4. The molecule has 120 valence electrons. The average Bonchev–Trinajstić information content (AvgIpc) is 2.39. The van der Waals surface area contributed by atoms with Gasteiger partial charge in [-0.25, -0.2) is 4.79 Å². The highest BCUT2D eigenvalue weighted by Crippen LogP contribution is 2.11. The summed E-state index contributed by atoms with van der Waals surface area (Å²) in [4.78, 5) is 11.0. The van der Waals surface area contributed by atoms with E-state index in [1.807, 2.05) is 0 Å². The van der Waals surface area contributed by atoms with E-state index in [1.165, 1.54) is 12.8 Å². The number of aliphatic carboxylic acids is 1. The Morgan fingerprint density at radius 2 is 1.85 bits per heavy atom. The van der Waals surface area contributed by atoms with Crippen LogP contribution < -0.4 is 0 Å². The van der Waals surface area contributed by atoms with E-state index in [0.717, 1.165) is 19.3 Å². The first-order chi connectivity index (χ1) is 9.51. The van der Waals surface area contributed by atoms with Crippen molar-refractivity contribution in [2.75, 3.05) is 13.2 Å². The maximum Gasteiger partial charge on any atom is 0.332 e. The summed E-state index contributed by atoms with van der Waals surface area (Å²) in [6.07, 6.45) is 4.45. The van der Waals surface area contributed by atoms with Crippen molar-refractivity contribution >= 4 is 5.97 Å². The topological polar surface area (TPSA) is 76.0 Å². The van der Waals surface area contributed by atoms with E-state index in [-0.39, 0.29) is 12.7 Å². The highest BCUT2D eigenvalue weighted by molar-refractivity contribution is 5.72. The van der Waals surface area contributed by atoms with Gasteiger partial charge < -0.3 is 19.7 Å². The molecule has 0 aliphatic carbocycles. The summed E-state index contributed by atoms with van der Waals surface area (Å²) in [7, 11) is 0. The van der Waals surface area contributed by atoms with Crippen LogP contribution in [0.15, 0.2) is 0 Å². The quantitative estimate of drug-likeness (QED) is 0.510. The van der Waals surface area contributed by atoms with Crippen molar-refractivity contribution in [1.29, 1.82) is 0 Å². The number of aliphatic hydroxyl groups is 1. The Kier molecular flexibility index (Phi) is 11.7. The van der Waals surface area contributed by atoms with Gasteiger partial charge in [0.25, 0.3) is 0 Å². The number of carbonyl (C=O) groups is 1. The van der Waals surface area contributed by atoms with Crippen LogP contribution in [0.3, 0.4) is 0 Å². The van der Waals surface area contributed by atoms with Crippen molar-refractivity contribution in [2.45, 2.75) is 77.6 Å². The monoisotopic (exact) mass is 290 g/mol. The van der Waals surface area contributed by atoms with Crippen molar-refractivity contribution in [3.63, 3.8) is 0 Å². The van der Waals surface area contributed by atoms with Crippen LogP contribution in [0.1, 0.15) is 59.3 Å². The molecule has 0 aromatic carbocycles. The van der Waals surface area contributed by atoms with Gasteiger partial charge in [0.15, 0.2) is 6.10 Å². The number of carboxylic acid groups (broad SMARTS) is 1. The number of hydrogen-bond acceptors (Lipinski definition) is 4. The molecule has 0 bridgehead atoms. The third kappa shape index (κ3) is 10.2. The first-order valence-electron chi connectivity index (χ1n) is 7.65. The molecule has 0 fully saturated rings. The molecule has 0 radical (unpaired) electrons. The zero-order valence-corrected chi connectivity index (χ0v) is 13.0. The molecule has 5 nitrogen and oxygen atoms in total. The minimum Gasteiger partial charge on any atom is -0.479 e.